The van der Waals surface area contributed by atoms with Gasteiger partial charge >= 0.3 is 0 Å². The molecule has 0 aromatic heterocycles. The summed E-state index contributed by atoms with van der Waals surface area (Å²) < 4.78 is 5.88. The van der Waals surface area contributed by atoms with Crippen LogP contribution in [0.2, 0.25) is 0 Å². The second-order valence-corrected chi connectivity index (χ2v) is 6.54. The highest BCUT2D eigenvalue weighted by atomic mass is 16.5. The summed E-state index contributed by atoms with van der Waals surface area (Å²) >= 11 is 0. The molecule has 0 aliphatic carbocycles. The first-order valence-corrected chi connectivity index (χ1v) is 8.81. The molecule has 0 radical (unpaired) electrons. The number of hydrogen-bond acceptors (Lipinski definition) is 2. The van der Waals surface area contributed by atoms with Gasteiger partial charge in [0.1, 0.15) is 5.75 Å². The van der Waals surface area contributed by atoms with Gasteiger partial charge in [-0.15, -0.1) is 0 Å². The van der Waals surface area contributed by atoms with E-state index in [2.05, 4.69) is 66.4 Å². The average Bonchev–Trinajstić information content (AvgIpc) is 2.99. The Morgan fingerprint density at radius 3 is 2.43 bits per heavy atom. The Morgan fingerprint density at radius 1 is 1.00 bits per heavy atom. The molecule has 1 atom stereocenters. The molecule has 122 valence electrons. The number of ether oxygens (including phenoxy) is 1. The van der Waals surface area contributed by atoms with Gasteiger partial charge in [0.05, 0.1) is 6.61 Å². The van der Waals surface area contributed by atoms with E-state index in [4.69, 9.17) is 4.74 Å². The predicted octanol–water partition coefficient (Wildman–Crippen LogP) is 4.53. The summed E-state index contributed by atoms with van der Waals surface area (Å²) in [5.74, 6) is 0.983. The predicted molar refractivity (Wildman–Crippen MR) is 96.1 cm³/mol. The smallest absolute Gasteiger partial charge is 0.119 e. The first-order valence-electron chi connectivity index (χ1n) is 8.81. The summed E-state index contributed by atoms with van der Waals surface area (Å²) in [6, 6.07) is 19.9. The molecule has 0 amide bonds. The first kappa shape index (κ1) is 16.1. The van der Waals surface area contributed by atoms with Crippen LogP contribution in [0.3, 0.4) is 0 Å². The third kappa shape index (κ3) is 4.84. The van der Waals surface area contributed by atoms with Crippen molar-refractivity contribution in [3.63, 3.8) is 0 Å². The van der Waals surface area contributed by atoms with Crippen LogP contribution in [0, 0.1) is 0 Å². The second kappa shape index (κ2) is 8.16. The molecule has 0 spiro atoms. The standard InChI is InChI=1S/C21H27NO/c1-18-7-5-14-22(18)15-6-16-23-21-12-10-20(11-13-21)17-19-8-3-2-4-9-19/h2-4,8-13,18H,5-7,14-17H2,1H3. The van der Waals surface area contributed by atoms with Gasteiger partial charge in [0, 0.05) is 12.6 Å². The van der Waals surface area contributed by atoms with Crippen LogP contribution in [0.25, 0.3) is 0 Å². The minimum Gasteiger partial charge on any atom is -0.494 e. The van der Waals surface area contributed by atoms with Crippen molar-refractivity contribution in [2.24, 2.45) is 0 Å². The third-order valence-electron chi connectivity index (χ3n) is 4.72. The number of hydrogen-bond donors (Lipinski definition) is 0. The van der Waals surface area contributed by atoms with E-state index in [-0.39, 0.29) is 0 Å². The van der Waals surface area contributed by atoms with Crippen molar-refractivity contribution in [3.8, 4) is 5.75 Å². The molecule has 1 unspecified atom stereocenters. The maximum absolute atomic E-state index is 5.88. The van der Waals surface area contributed by atoms with Crippen molar-refractivity contribution < 1.29 is 4.74 Å². The van der Waals surface area contributed by atoms with E-state index in [1.165, 1.54) is 30.5 Å². The zero-order chi connectivity index (χ0) is 15.9. The van der Waals surface area contributed by atoms with Crippen LogP contribution in [0.1, 0.15) is 37.3 Å². The summed E-state index contributed by atoms with van der Waals surface area (Å²) in [4.78, 5) is 2.58. The Kier molecular flexibility index (Phi) is 5.71. The minimum atomic E-state index is 0.757. The Morgan fingerprint density at radius 2 is 1.74 bits per heavy atom. The fourth-order valence-corrected chi connectivity index (χ4v) is 3.32. The quantitative estimate of drug-likeness (QED) is 0.697. The molecule has 1 saturated heterocycles. The van der Waals surface area contributed by atoms with Crippen molar-refractivity contribution in [1.82, 2.24) is 4.90 Å². The lowest BCUT2D eigenvalue weighted by Gasteiger charge is -2.20. The maximum atomic E-state index is 5.88. The van der Waals surface area contributed by atoms with Gasteiger partial charge in [-0.25, -0.2) is 0 Å². The average molecular weight is 309 g/mol. The Hall–Kier alpha value is -1.80. The molecule has 2 aromatic carbocycles. The molecule has 2 nitrogen and oxygen atoms in total. The largest absolute Gasteiger partial charge is 0.494 e. The van der Waals surface area contributed by atoms with Gasteiger partial charge in [-0.3, -0.25) is 0 Å². The van der Waals surface area contributed by atoms with Crippen LogP contribution >= 0.6 is 0 Å². The molecule has 1 aliphatic rings. The zero-order valence-corrected chi connectivity index (χ0v) is 14.1. The topological polar surface area (TPSA) is 12.5 Å². The third-order valence-corrected chi connectivity index (χ3v) is 4.72. The van der Waals surface area contributed by atoms with E-state index < -0.39 is 0 Å². The van der Waals surface area contributed by atoms with Crippen LogP contribution in [0.15, 0.2) is 54.6 Å². The van der Waals surface area contributed by atoms with Gasteiger partial charge < -0.3 is 9.64 Å². The number of rotatable bonds is 7. The molecule has 1 aliphatic heterocycles. The molecule has 2 aromatic rings. The second-order valence-electron chi connectivity index (χ2n) is 6.54. The summed E-state index contributed by atoms with van der Waals surface area (Å²) in [5.41, 5.74) is 2.68. The van der Waals surface area contributed by atoms with E-state index in [1.807, 2.05) is 0 Å². The van der Waals surface area contributed by atoms with Gasteiger partial charge in [-0.1, -0.05) is 42.5 Å². The Bertz CT molecular complexity index is 579. The molecule has 23 heavy (non-hydrogen) atoms. The molecule has 2 heteroatoms. The summed E-state index contributed by atoms with van der Waals surface area (Å²) in [7, 11) is 0. The molecule has 0 N–H and O–H groups in total. The summed E-state index contributed by atoms with van der Waals surface area (Å²) in [6.07, 6.45) is 4.79. The molecule has 0 saturated carbocycles. The molecule has 3 rings (SSSR count). The van der Waals surface area contributed by atoms with Gasteiger partial charge in [0.15, 0.2) is 0 Å². The highest BCUT2D eigenvalue weighted by Gasteiger charge is 2.18. The highest BCUT2D eigenvalue weighted by molar-refractivity contribution is 5.31. The van der Waals surface area contributed by atoms with Gasteiger partial charge in [0.25, 0.3) is 0 Å². The highest BCUT2D eigenvalue weighted by Crippen LogP contribution is 2.17. The van der Waals surface area contributed by atoms with Crippen LogP contribution in [0.5, 0.6) is 5.75 Å². The lowest BCUT2D eigenvalue weighted by atomic mass is 10.1. The maximum Gasteiger partial charge on any atom is 0.119 e. The molecule has 0 bridgehead atoms. The molecular weight excluding hydrogens is 282 g/mol. The van der Waals surface area contributed by atoms with Crippen LogP contribution in [-0.4, -0.2) is 30.6 Å². The lowest BCUT2D eigenvalue weighted by Crippen LogP contribution is -2.28. The van der Waals surface area contributed by atoms with Crippen molar-refractivity contribution >= 4 is 0 Å². The normalized spacial score (nSPS) is 18.2. The molecule has 1 heterocycles. The van der Waals surface area contributed by atoms with Crippen molar-refractivity contribution in [3.05, 3.63) is 65.7 Å². The van der Waals surface area contributed by atoms with E-state index in [9.17, 15) is 0 Å². The SMILES string of the molecule is CC1CCCN1CCCOc1ccc(Cc2ccccc2)cc1. The van der Waals surface area contributed by atoms with Gasteiger partial charge in [-0.2, -0.15) is 0 Å². The molecular formula is C21H27NO. The fraction of sp³-hybridized carbons (Fsp3) is 0.429. The van der Waals surface area contributed by atoms with Crippen LogP contribution in [-0.2, 0) is 6.42 Å². The van der Waals surface area contributed by atoms with Crippen LogP contribution < -0.4 is 4.74 Å². The monoisotopic (exact) mass is 309 g/mol. The lowest BCUT2D eigenvalue weighted by molar-refractivity contribution is 0.230. The van der Waals surface area contributed by atoms with E-state index in [0.717, 1.165) is 37.8 Å². The minimum absolute atomic E-state index is 0.757. The zero-order valence-electron chi connectivity index (χ0n) is 14.1. The number of benzene rings is 2. The first-order chi connectivity index (χ1) is 11.3. The van der Waals surface area contributed by atoms with E-state index in [1.54, 1.807) is 0 Å². The van der Waals surface area contributed by atoms with Gasteiger partial charge in [0.2, 0.25) is 0 Å². The number of likely N-dealkylation sites (tertiary alicyclic amines) is 1. The Labute approximate surface area is 140 Å². The fourth-order valence-electron chi connectivity index (χ4n) is 3.32. The summed E-state index contributed by atoms with van der Waals surface area (Å²) in [6.45, 7) is 5.56. The van der Waals surface area contributed by atoms with Crippen molar-refractivity contribution in [1.29, 1.82) is 0 Å². The van der Waals surface area contributed by atoms with Crippen molar-refractivity contribution in [2.45, 2.75) is 38.6 Å². The van der Waals surface area contributed by atoms with E-state index >= 15 is 0 Å². The summed E-state index contributed by atoms with van der Waals surface area (Å²) in [5, 5.41) is 0. The van der Waals surface area contributed by atoms with E-state index in [0.29, 0.717) is 0 Å². The van der Waals surface area contributed by atoms with Gasteiger partial charge in [-0.05, 0) is 62.4 Å². The Balaban J connectivity index is 1.41. The molecule has 1 fully saturated rings. The van der Waals surface area contributed by atoms with Crippen molar-refractivity contribution in [2.75, 3.05) is 19.7 Å². The van der Waals surface area contributed by atoms with Crippen LogP contribution in [0.4, 0.5) is 0 Å². The number of nitrogens with zero attached hydrogens (tertiary/aromatic N) is 1.